The van der Waals surface area contributed by atoms with Crippen LogP contribution in [-0.2, 0) is 24.1 Å². The van der Waals surface area contributed by atoms with Crippen LogP contribution in [0, 0.1) is 0 Å². The topological polar surface area (TPSA) is 53.2 Å². The molecular weight excluding hydrogens is 396 g/mol. The van der Waals surface area contributed by atoms with Gasteiger partial charge in [-0.25, -0.2) is 4.79 Å². The lowest BCUT2D eigenvalue weighted by atomic mass is 9.93. The molecule has 0 N–H and O–H groups in total. The highest BCUT2D eigenvalue weighted by Gasteiger charge is 2.33. The van der Waals surface area contributed by atoms with Crippen LogP contribution >= 0.6 is 11.3 Å². The molecule has 1 aliphatic carbocycles. The van der Waals surface area contributed by atoms with Crippen molar-refractivity contribution in [3.63, 3.8) is 0 Å². The quantitative estimate of drug-likeness (QED) is 0.631. The van der Waals surface area contributed by atoms with Gasteiger partial charge in [-0.15, -0.1) is 11.3 Å². The minimum atomic E-state index is -0.331. The molecule has 0 bridgehead atoms. The molecule has 2 aliphatic rings. The first-order chi connectivity index (χ1) is 14.4. The molecule has 1 fully saturated rings. The van der Waals surface area contributed by atoms with Crippen LogP contribution in [0.25, 0.3) is 10.2 Å². The minimum absolute atomic E-state index is 0.0959. The number of aryl methyl sites for hydroxylation is 2. The highest BCUT2D eigenvalue weighted by molar-refractivity contribution is 7.18. The van der Waals surface area contributed by atoms with Gasteiger partial charge in [0.1, 0.15) is 4.83 Å². The lowest BCUT2D eigenvalue weighted by Crippen LogP contribution is -2.46. The van der Waals surface area contributed by atoms with Gasteiger partial charge in [0, 0.05) is 17.5 Å². The van der Waals surface area contributed by atoms with Gasteiger partial charge in [-0.2, -0.15) is 0 Å². The molecule has 5 nitrogen and oxygen atoms in total. The van der Waals surface area contributed by atoms with Crippen molar-refractivity contribution in [3.8, 4) is 0 Å². The first-order valence-corrected chi connectivity index (χ1v) is 11.7. The van der Waals surface area contributed by atoms with Gasteiger partial charge in [0.05, 0.1) is 17.5 Å². The molecule has 0 spiro atoms. The highest BCUT2D eigenvalue weighted by atomic mass is 32.1. The van der Waals surface area contributed by atoms with E-state index in [1.165, 1.54) is 10.4 Å². The van der Waals surface area contributed by atoms with Gasteiger partial charge in [-0.1, -0.05) is 30.3 Å². The van der Waals surface area contributed by atoms with Crippen molar-refractivity contribution in [2.24, 2.45) is 0 Å². The van der Waals surface area contributed by atoms with E-state index in [9.17, 15) is 9.59 Å². The van der Waals surface area contributed by atoms with E-state index >= 15 is 0 Å². The summed E-state index contributed by atoms with van der Waals surface area (Å²) in [4.78, 5) is 29.6. The maximum absolute atomic E-state index is 13.7. The molecule has 6 heteroatoms. The third-order valence-electron chi connectivity index (χ3n) is 6.49. The van der Waals surface area contributed by atoms with Crippen molar-refractivity contribution < 1.29 is 4.74 Å². The van der Waals surface area contributed by atoms with Crippen molar-refractivity contribution >= 4 is 21.6 Å². The van der Waals surface area contributed by atoms with Crippen LogP contribution in [0.2, 0.25) is 0 Å². The Morgan fingerprint density at radius 3 is 2.67 bits per heavy atom. The van der Waals surface area contributed by atoms with Crippen LogP contribution in [0.3, 0.4) is 0 Å². The zero-order valence-corrected chi connectivity index (χ0v) is 18.5. The lowest BCUT2D eigenvalue weighted by molar-refractivity contribution is -0.0702. The maximum atomic E-state index is 13.7. The minimum Gasteiger partial charge on any atom is -0.375 e. The molecular formula is C24H28N2O3S. The van der Waals surface area contributed by atoms with Gasteiger partial charge in [-0.05, 0) is 63.5 Å². The largest absolute Gasteiger partial charge is 0.375 e. The van der Waals surface area contributed by atoms with Crippen LogP contribution in [-0.4, -0.2) is 21.3 Å². The monoisotopic (exact) mass is 424 g/mol. The van der Waals surface area contributed by atoms with Gasteiger partial charge >= 0.3 is 5.69 Å². The van der Waals surface area contributed by atoms with Gasteiger partial charge in [0.2, 0.25) is 0 Å². The number of fused-ring (bicyclic) bond motifs is 3. The average Bonchev–Trinajstić information content (AvgIpc) is 3.11. The van der Waals surface area contributed by atoms with Crippen molar-refractivity contribution in [2.45, 2.75) is 70.6 Å². The molecule has 1 unspecified atom stereocenters. The molecule has 1 aromatic carbocycles. The number of hydrogen-bond acceptors (Lipinski definition) is 4. The summed E-state index contributed by atoms with van der Waals surface area (Å²) in [5.74, 6) is 0. The molecule has 3 aromatic rings. The van der Waals surface area contributed by atoms with Crippen LogP contribution in [0.15, 0.2) is 39.9 Å². The smallest absolute Gasteiger partial charge is 0.332 e. The molecule has 5 rings (SSSR count). The van der Waals surface area contributed by atoms with Gasteiger partial charge in [-0.3, -0.25) is 13.9 Å². The van der Waals surface area contributed by atoms with E-state index < -0.39 is 0 Å². The number of hydrogen-bond donors (Lipinski definition) is 0. The SMILES string of the molecule is CC1(C)CC(n2c(=O)c3c4c(sc3n(Cc3ccccc3)c2=O)CCCC4)CCO1. The van der Waals surface area contributed by atoms with E-state index in [4.69, 9.17) is 4.74 Å². The van der Waals surface area contributed by atoms with Crippen LogP contribution in [0.5, 0.6) is 0 Å². The van der Waals surface area contributed by atoms with Crippen molar-refractivity contribution in [1.82, 2.24) is 9.13 Å². The van der Waals surface area contributed by atoms with E-state index in [1.807, 2.05) is 48.7 Å². The van der Waals surface area contributed by atoms with E-state index in [-0.39, 0.29) is 22.9 Å². The zero-order chi connectivity index (χ0) is 20.9. The summed E-state index contributed by atoms with van der Waals surface area (Å²) < 4.78 is 9.26. The van der Waals surface area contributed by atoms with E-state index in [0.29, 0.717) is 26.0 Å². The fourth-order valence-electron chi connectivity index (χ4n) is 5.03. The number of thiophene rings is 1. The fourth-order valence-corrected chi connectivity index (χ4v) is 6.41. The Bertz CT molecular complexity index is 1200. The Morgan fingerprint density at radius 1 is 1.13 bits per heavy atom. The standard InChI is InChI=1S/C24H28N2O3S/c1-24(2)14-17(12-13-29-24)26-21(27)20-18-10-6-7-11-19(18)30-22(20)25(23(26)28)15-16-8-4-3-5-9-16/h3-5,8-9,17H,6-7,10-15H2,1-2H3. The molecule has 158 valence electrons. The van der Waals surface area contributed by atoms with Crippen LogP contribution < -0.4 is 11.2 Å². The number of aromatic nitrogens is 2. The number of rotatable bonds is 3. The summed E-state index contributed by atoms with van der Waals surface area (Å²) >= 11 is 1.65. The fraction of sp³-hybridized carbons (Fsp3) is 0.500. The second-order valence-corrected chi connectivity index (χ2v) is 10.3. The summed E-state index contributed by atoms with van der Waals surface area (Å²) in [6.45, 7) is 5.14. The Balaban J connectivity index is 1.76. The Kier molecular flexibility index (Phi) is 4.94. The van der Waals surface area contributed by atoms with Gasteiger partial charge in [0.25, 0.3) is 5.56 Å². The molecule has 1 aliphatic heterocycles. The maximum Gasteiger partial charge on any atom is 0.332 e. The number of nitrogens with zero attached hydrogens (tertiary/aromatic N) is 2. The van der Waals surface area contributed by atoms with Crippen molar-refractivity contribution in [3.05, 3.63) is 67.2 Å². The lowest BCUT2D eigenvalue weighted by Gasteiger charge is -2.36. The van der Waals surface area contributed by atoms with Gasteiger partial charge in [0.15, 0.2) is 0 Å². The predicted molar refractivity (Wildman–Crippen MR) is 121 cm³/mol. The van der Waals surface area contributed by atoms with E-state index in [2.05, 4.69) is 0 Å². The summed E-state index contributed by atoms with van der Waals surface area (Å²) in [5, 5.41) is 0.787. The molecule has 1 atom stereocenters. The number of ether oxygens (including phenoxy) is 1. The first-order valence-electron chi connectivity index (χ1n) is 10.9. The summed E-state index contributed by atoms with van der Waals surface area (Å²) in [6.07, 6.45) is 5.59. The predicted octanol–water partition coefficient (Wildman–Crippen LogP) is 4.28. The Labute approximate surface area is 179 Å². The van der Waals surface area contributed by atoms with E-state index in [0.717, 1.165) is 41.5 Å². The third-order valence-corrected chi connectivity index (χ3v) is 7.80. The normalized spacial score (nSPS) is 20.9. The summed E-state index contributed by atoms with van der Waals surface area (Å²) in [7, 11) is 0. The van der Waals surface area contributed by atoms with Crippen molar-refractivity contribution in [2.75, 3.05) is 6.61 Å². The zero-order valence-electron chi connectivity index (χ0n) is 17.6. The average molecular weight is 425 g/mol. The van der Waals surface area contributed by atoms with Crippen LogP contribution in [0.4, 0.5) is 0 Å². The first kappa shape index (κ1) is 19.8. The highest BCUT2D eigenvalue weighted by Crippen LogP contribution is 2.36. The second kappa shape index (κ2) is 7.50. The third kappa shape index (κ3) is 3.36. The Hall–Kier alpha value is -2.18. The molecule has 3 heterocycles. The molecule has 0 amide bonds. The summed E-state index contributed by atoms with van der Waals surface area (Å²) in [5.41, 5.74) is 1.65. The Morgan fingerprint density at radius 2 is 1.90 bits per heavy atom. The second-order valence-electron chi connectivity index (χ2n) is 9.18. The molecule has 0 radical (unpaired) electrons. The van der Waals surface area contributed by atoms with Crippen LogP contribution in [0.1, 0.15) is 61.6 Å². The van der Waals surface area contributed by atoms with Gasteiger partial charge < -0.3 is 4.74 Å². The molecule has 2 aromatic heterocycles. The molecule has 30 heavy (non-hydrogen) atoms. The van der Waals surface area contributed by atoms with Crippen molar-refractivity contribution in [1.29, 1.82) is 0 Å². The molecule has 1 saturated heterocycles. The number of benzene rings is 1. The molecule has 0 saturated carbocycles. The summed E-state index contributed by atoms with van der Waals surface area (Å²) in [6, 6.07) is 9.93. The van der Waals surface area contributed by atoms with E-state index in [1.54, 1.807) is 15.9 Å².